The number of rotatable bonds is 7. The fourth-order valence-corrected chi connectivity index (χ4v) is 3.93. The lowest BCUT2D eigenvalue weighted by Crippen LogP contribution is -2.58. The molecule has 0 radical (unpaired) electrons. The first-order valence-electron chi connectivity index (χ1n) is 10.5. The zero-order valence-corrected chi connectivity index (χ0v) is 19.1. The summed E-state index contributed by atoms with van der Waals surface area (Å²) in [6, 6.07) is 8.06. The SMILES string of the molecule is C=C(C)c1ccc(C(COC(=O)OC(C)C)ON2C(C)(C)CCCC2(C)C)cc1. The number of carbonyl (C=O) groups excluding carboxylic acids is 1. The molecule has 1 heterocycles. The smallest absolute Gasteiger partial charge is 0.432 e. The van der Waals surface area contributed by atoms with E-state index in [1.807, 2.05) is 31.2 Å². The van der Waals surface area contributed by atoms with Gasteiger partial charge in [0.05, 0.1) is 6.10 Å². The third kappa shape index (κ3) is 6.31. The number of hydrogen-bond acceptors (Lipinski definition) is 5. The Balaban J connectivity index is 2.25. The fourth-order valence-electron chi connectivity index (χ4n) is 3.93. The second-order valence-electron chi connectivity index (χ2n) is 9.50. The Morgan fingerprint density at radius 1 is 1.10 bits per heavy atom. The molecule has 0 N–H and O–H groups in total. The summed E-state index contributed by atoms with van der Waals surface area (Å²) in [7, 11) is 0. The van der Waals surface area contributed by atoms with Gasteiger partial charge in [0.2, 0.25) is 0 Å². The molecule has 1 aliphatic rings. The third-order valence-electron chi connectivity index (χ3n) is 5.37. The summed E-state index contributed by atoms with van der Waals surface area (Å²) in [5.41, 5.74) is 2.80. The molecule has 2 rings (SSSR count). The first-order chi connectivity index (χ1) is 13.4. The van der Waals surface area contributed by atoms with Crippen molar-refractivity contribution in [1.82, 2.24) is 5.06 Å². The Kier molecular flexibility index (Phi) is 7.52. The van der Waals surface area contributed by atoms with Crippen molar-refractivity contribution in [3.63, 3.8) is 0 Å². The van der Waals surface area contributed by atoms with Crippen LogP contribution in [0.2, 0.25) is 0 Å². The van der Waals surface area contributed by atoms with Gasteiger partial charge in [0.1, 0.15) is 12.7 Å². The molecule has 1 aromatic carbocycles. The molecule has 1 fully saturated rings. The van der Waals surface area contributed by atoms with Gasteiger partial charge in [0, 0.05) is 11.1 Å². The summed E-state index contributed by atoms with van der Waals surface area (Å²) in [5.74, 6) is 0. The van der Waals surface area contributed by atoms with Gasteiger partial charge < -0.3 is 9.47 Å². The maximum atomic E-state index is 12.0. The molecule has 0 bridgehead atoms. The fraction of sp³-hybridized carbons (Fsp3) is 0.625. The van der Waals surface area contributed by atoms with E-state index in [4.69, 9.17) is 14.3 Å². The van der Waals surface area contributed by atoms with Crippen molar-refractivity contribution >= 4 is 11.7 Å². The number of allylic oxidation sites excluding steroid dienone is 1. The Labute approximate surface area is 176 Å². The van der Waals surface area contributed by atoms with Gasteiger partial charge in [-0.05, 0) is 78.9 Å². The van der Waals surface area contributed by atoms with Crippen LogP contribution in [0.15, 0.2) is 30.8 Å². The Bertz CT molecular complexity index is 690. The van der Waals surface area contributed by atoms with Gasteiger partial charge in [-0.2, -0.15) is 5.06 Å². The number of nitrogens with zero attached hydrogens (tertiary/aromatic N) is 1. The molecule has 5 heteroatoms. The normalized spacial score (nSPS) is 19.6. The van der Waals surface area contributed by atoms with Gasteiger partial charge in [-0.15, -0.1) is 0 Å². The predicted octanol–water partition coefficient (Wildman–Crippen LogP) is 6.30. The minimum atomic E-state index is -0.677. The Hall–Kier alpha value is -1.85. The highest BCUT2D eigenvalue weighted by atomic mass is 16.7. The first-order valence-corrected chi connectivity index (χ1v) is 10.5. The predicted molar refractivity (Wildman–Crippen MR) is 116 cm³/mol. The van der Waals surface area contributed by atoms with Crippen molar-refractivity contribution in [2.45, 2.75) is 91.0 Å². The molecule has 0 spiro atoms. The number of ether oxygens (including phenoxy) is 2. The molecule has 0 aromatic heterocycles. The number of piperidine rings is 1. The molecule has 0 saturated carbocycles. The highest BCUT2D eigenvalue weighted by molar-refractivity contribution is 5.61. The summed E-state index contributed by atoms with van der Waals surface area (Å²) in [4.78, 5) is 18.5. The molecule has 29 heavy (non-hydrogen) atoms. The molecular weight excluding hydrogens is 366 g/mol. The lowest BCUT2D eigenvalue weighted by molar-refractivity contribution is -0.311. The molecule has 162 valence electrons. The minimum absolute atomic E-state index is 0.0840. The van der Waals surface area contributed by atoms with Crippen LogP contribution >= 0.6 is 0 Å². The molecule has 1 aromatic rings. The molecule has 1 atom stereocenters. The van der Waals surface area contributed by atoms with Crippen molar-refractivity contribution in [2.24, 2.45) is 0 Å². The highest BCUT2D eigenvalue weighted by Crippen LogP contribution is 2.40. The molecule has 0 amide bonds. The summed E-state index contributed by atoms with van der Waals surface area (Å²) in [5, 5.41) is 2.10. The standard InChI is InChI=1S/C24H37NO4/c1-17(2)19-10-12-20(13-11-19)21(16-27-22(26)28-18(3)4)29-25-23(5,6)14-9-15-24(25,7)8/h10-13,18,21H,1,9,14-16H2,2-8H3. The van der Waals surface area contributed by atoms with E-state index in [0.29, 0.717) is 0 Å². The quantitative estimate of drug-likeness (QED) is 0.500. The van der Waals surface area contributed by atoms with E-state index in [0.717, 1.165) is 36.0 Å². The molecular formula is C24H37NO4. The van der Waals surface area contributed by atoms with E-state index in [2.05, 4.69) is 39.3 Å². The molecule has 1 saturated heterocycles. The third-order valence-corrected chi connectivity index (χ3v) is 5.37. The molecule has 1 aliphatic heterocycles. The highest BCUT2D eigenvalue weighted by Gasteiger charge is 2.44. The van der Waals surface area contributed by atoms with E-state index in [-0.39, 0.29) is 23.8 Å². The van der Waals surface area contributed by atoms with Crippen LogP contribution in [0.1, 0.15) is 85.0 Å². The van der Waals surface area contributed by atoms with Crippen LogP contribution in [-0.4, -0.2) is 35.0 Å². The van der Waals surface area contributed by atoms with Crippen molar-refractivity contribution in [2.75, 3.05) is 6.61 Å². The Morgan fingerprint density at radius 2 is 1.66 bits per heavy atom. The summed E-state index contributed by atoms with van der Waals surface area (Å²) in [6.45, 7) is 18.4. The van der Waals surface area contributed by atoms with Crippen LogP contribution in [0, 0.1) is 0 Å². The van der Waals surface area contributed by atoms with Crippen molar-refractivity contribution < 1.29 is 19.1 Å². The number of hydroxylamine groups is 2. The number of hydrogen-bond donors (Lipinski definition) is 0. The van der Waals surface area contributed by atoms with Gasteiger partial charge >= 0.3 is 6.16 Å². The lowest BCUT2D eigenvalue weighted by Gasteiger charge is -2.52. The van der Waals surface area contributed by atoms with Crippen LogP contribution in [0.25, 0.3) is 5.57 Å². The maximum Gasteiger partial charge on any atom is 0.508 e. The van der Waals surface area contributed by atoms with E-state index < -0.39 is 12.3 Å². The monoisotopic (exact) mass is 403 g/mol. The van der Waals surface area contributed by atoms with Gasteiger partial charge in [-0.3, -0.25) is 4.84 Å². The average Bonchev–Trinajstić information content (AvgIpc) is 2.59. The van der Waals surface area contributed by atoms with Crippen LogP contribution < -0.4 is 0 Å². The van der Waals surface area contributed by atoms with Gasteiger partial charge in [0.15, 0.2) is 0 Å². The zero-order valence-electron chi connectivity index (χ0n) is 19.1. The van der Waals surface area contributed by atoms with Crippen LogP contribution in [-0.2, 0) is 14.3 Å². The average molecular weight is 404 g/mol. The molecule has 5 nitrogen and oxygen atoms in total. The zero-order chi connectivity index (χ0) is 21.8. The molecule has 1 unspecified atom stereocenters. The summed E-state index contributed by atoms with van der Waals surface area (Å²) in [6.07, 6.45) is 1.93. The van der Waals surface area contributed by atoms with E-state index >= 15 is 0 Å². The maximum absolute atomic E-state index is 12.0. The van der Waals surface area contributed by atoms with Gasteiger partial charge in [-0.25, -0.2) is 4.79 Å². The number of carbonyl (C=O) groups is 1. The summed E-state index contributed by atoms with van der Waals surface area (Å²) >= 11 is 0. The number of benzene rings is 1. The van der Waals surface area contributed by atoms with E-state index in [1.54, 1.807) is 13.8 Å². The molecule has 0 aliphatic carbocycles. The second-order valence-corrected chi connectivity index (χ2v) is 9.50. The minimum Gasteiger partial charge on any atom is -0.432 e. The Morgan fingerprint density at radius 3 is 2.14 bits per heavy atom. The van der Waals surface area contributed by atoms with E-state index in [9.17, 15) is 4.79 Å². The van der Waals surface area contributed by atoms with Crippen LogP contribution in [0.3, 0.4) is 0 Å². The van der Waals surface area contributed by atoms with Crippen molar-refractivity contribution in [3.8, 4) is 0 Å². The first kappa shape index (κ1) is 23.4. The van der Waals surface area contributed by atoms with Crippen molar-refractivity contribution in [3.05, 3.63) is 42.0 Å². The largest absolute Gasteiger partial charge is 0.508 e. The van der Waals surface area contributed by atoms with Gasteiger partial charge in [0.25, 0.3) is 0 Å². The van der Waals surface area contributed by atoms with E-state index in [1.165, 1.54) is 0 Å². The second kappa shape index (κ2) is 9.31. The van der Waals surface area contributed by atoms with Crippen molar-refractivity contribution in [1.29, 1.82) is 0 Å². The lowest BCUT2D eigenvalue weighted by atomic mass is 9.82. The van der Waals surface area contributed by atoms with Crippen LogP contribution in [0.4, 0.5) is 4.79 Å². The van der Waals surface area contributed by atoms with Gasteiger partial charge in [-0.1, -0.05) is 36.4 Å². The van der Waals surface area contributed by atoms with Crippen LogP contribution in [0.5, 0.6) is 0 Å². The summed E-state index contributed by atoms with van der Waals surface area (Å²) < 4.78 is 10.5. The topological polar surface area (TPSA) is 48.0 Å².